The van der Waals surface area contributed by atoms with E-state index in [9.17, 15) is 0 Å². The summed E-state index contributed by atoms with van der Waals surface area (Å²) in [5, 5.41) is 0.738. The van der Waals surface area contributed by atoms with Crippen LogP contribution in [-0.4, -0.2) is 9.97 Å². The van der Waals surface area contributed by atoms with Crippen LogP contribution in [0.25, 0.3) is 11.3 Å². The lowest BCUT2D eigenvalue weighted by atomic mass is 10.2. The number of nitrogens with one attached hydrogen (secondary N) is 1. The van der Waals surface area contributed by atoms with Gasteiger partial charge in [-0.15, -0.1) is 0 Å². The number of benzene rings is 1. The number of hydrogen-bond acceptors (Lipinski definition) is 1. The first-order chi connectivity index (χ1) is 5.86. The molecule has 1 N–H and O–H groups in total. The van der Waals surface area contributed by atoms with Crippen LogP contribution in [0.3, 0.4) is 0 Å². The highest BCUT2D eigenvalue weighted by Gasteiger charge is 1.97. The monoisotopic (exact) mass is 178 g/mol. The minimum atomic E-state index is 0.738. The van der Waals surface area contributed by atoms with E-state index in [1.807, 2.05) is 24.3 Å². The Morgan fingerprint density at radius 1 is 1.33 bits per heavy atom. The second-order valence-corrected chi connectivity index (χ2v) is 2.91. The Bertz CT molecular complexity index is 368. The van der Waals surface area contributed by atoms with Crippen LogP contribution in [-0.2, 0) is 0 Å². The molecule has 12 heavy (non-hydrogen) atoms. The van der Waals surface area contributed by atoms with Crippen molar-refractivity contribution in [2.24, 2.45) is 0 Å². The van der Waals surface area contributed by atoms with Crippen LogP contribution in [0.1, 0.15) is 0 Å². The molecule has 0 bridgehead atoms. The summed E-state index contributed by atoms with van der Waals surface area (Å²) >= 11 is 5.83. The Balaban J connectivity index is 2.48. The summed E-state index contributed by atoms with van der Waals surface area (Å²) in [6.45, 7) is 0. The Morgan fingerprint density at radius 3 is 2.92 bits per heavy atom. The molecule has 1 aromatic carbocycles. The highest BCUT2D eigenvalue weighted by molar-refractivity contribution is 6.30. The van der Waals surface area contributed by atoms with Gasteiger partial charge in [-0.1, -0.05) is 23.7 Å². The topological polar surface area (TPSA) is 28.7 Å². The zero-order valence-corrected chi connectivity index (χ0v) is 7.05. The maximum absolute atomic E-state index is 5.83. The number of H-pyrrole nitrogens is 1. The predicted octanol–water partition coefficient (Wildman–Crippen LogP) is 2.73. The van der Waals surface area contributed by atoms with Crippen molar-refractivity contribution in [2.45, 2.75) is 0 Å². The maximum Gasteiger partial charge on any atom is 0.0924 e. The maximum atomic E-state index is 5.83. The molecule has 3 heteroatoms. The van der Waals surface area contributed by atoms with Gasteiger partial charge >= 0.3 is 0 Å². The molecule has 60 valence electrons. The highest BCUT2D eigenvalue weighted by Crippen LogP contribution is 2.19. The molecule has 0 amide bonds. The quantitative estimate of drug-likeness (QED) is 0.715. The number of aromatic amines is 1. The summed E-state index contributed by atoms with van der Waals surface area (Å²) in [4.78, 5) is 6.94. The van der Waals surface area contributed by atoms with Crippen molar-refractivity contribution in [1.29, 1.82) is 0 Å². The molecule has 0 saturated heterocycles. The van der Waals surface area contributed by atoms with Gasteiger partial charge in [0.2, 0.25) is 0 Å². The number of hydrogen-bond donors (Lipinski definition) is 1. The van der Waals surface area contributed by atoms with Gasteiger partial charge in [-0.2, -0.15) is 0 Å². The minimum Gasteiger partial charge on any atom is -0.345 e. The lowest BCUT2D eigenvalue weighted by Crippen LogP contribution is -1.75. The third kappa shape index (κ3) is 1.34. The second-order valence-electron chi connectivity index (χ2n) is 2.48. The Morgan fingerprint density at radius 2 is 2.25 bits per heavy atom. The first kappa shape index (κ1) is 7.37. The van der Waals surface area contributed by atoms with E-state index in [-0.39, 0.29) is 0 Å². The SMILES string of the molecule is Clc1cccc(-c2cnc[nH]2)c1. The molecule has 0 fully saturated rings. The van der Waals surface area contributed by atoms with E-state index >= 15 is 0 Å². The molecule has 1 heterocycles. The molecule has 2 aromatic rings. The zero-order valence-electron chi connectivity index (χ0n) is 6.29. The summed E-state index contributed by atoms with van der Waals surface area (Å²) in [6.07, 6.45) is 3.42. The first-order valence-corrected chi connectivity index (χ1v) is 3.98. The van der Waals surface area contributed by atoms with Crippen molar-refractivity contribution in [3.63, 3.8) is 0 Å². The van der Waals surface area contributed by atoms with Crippen molar-refractivity contribution >= 4 is 11.6 Å². The number of imidazole rings is 1. The van der Waals surface area contributed by atoms with Crippen molar-refractivity contribution < 1.29 is 0 Å². The smallest absolute Gasteiger partial charge is 0.0924 e. The van der Waals surface area contributed by atoms with Crippen molar-refractivity contribution in [3.8, 4) is 11.3 Å². The molecule has 0 saturated carbocycles. The van der Waals surface area contributed by atoms with Crippen molar-refractivity contribution in [1.82, 2.24) is 9.97 Å². The third-order valence-corrected chi connectivity index (χ3v) is 1.87. The summed E-state index contributed by atoms with van der Waals surface area (Å²) in [5.41, 5.74) is 2.04. The summed E-state index contributed by atoms with van der Waals surface area (Å²) in [7, 11) is 0. The fourth-order valence-corrected chi connectivity index (χ4v) is 1.26. The molecule has 0 aliphatic rings. The molecular formula is C9H7ClN2. The second kappa shape index (κ2) is 2.99. The van der Waals surface area contributed by atoms with Gasteiger partial charge < -0.3 is 4.98 Å². The van der Waals surface area contributed by atoms with Crippen molar-refractivity contribution in [2.75, 3.05) is 0 Å². The van der Waals surface area contributed by atoms with Crippen LogP contribution in [0, 0.1) is 0 Å². The standard InChI is InChI=1S/C9H7ClN2/c10-8-3-1-2-7(4-8)9-5-11-6-12-9/h1-6H,(H,11,12). The Labute approximate surface area is 75.2 Å². The van der Waals surface area contributed by atoms with Gasteiger partial charge in [0.15, 0.2) is 0 Å². The van der Waals surface area contributed by atoms with E-state index in [1.165, 1.54) is 0 Å². The summed E-state index contributed by atoms with van der Waals surface area (Å²) < 4.78 is 0. The van der Waals surface area contributed by atoms with Gasteiger partial charge in [-0.05, 0) is 12.1 Å². The van der Waals surface area contributed by atoms with Gasteiger partial charge in [-0.25, -0.2) is 4.98 Å². The lowest BCUT2D eigenvalue weighted by molar-refractivity contribution is 1.31. The fraction of sp³-hybridized carbons (Fsp3) is 0. The van der Waals surface area contributed by atoms with Crippen LogP contribution in [0.5, 0.6) is 0 Å². The lowest BCUT2D eigenvalue weighted by Gasteiger charge is -1.96. The normalized spacial score (nSPS) is 10.1. The van der Waals surface area contributed by atoms with Gasteiger partial charge in [-0.3, -0.25) is 0 Å². The number of aromatic nitrogens is 2. The van der Waals surface area contributed by atoms with Crippen LogP contribution in [0.4, 0.5) is 0 Å². The number of rotatable bonds is 1. The Kier molecular flexibility index (Phi) is 1.84. The molecule has 1 aromatic heterocycles. The summed E-state index contributed by atoms with van der Waals surface area (Å²) in [6, 6.07) is 7.65. The largest absolute Gasteiger partial charge is 0.345 e. The average molecular weight is 179 g/mol. The van der Waals surface area contributed by atoms with E-state index in [0.717, 1.165) is 16.3 Å². The third-order valence-electron chi connectivity index (χ3n) is 1.63. The fourth-order valence-electron chi connectivity index (χ4n) is 1.07. The number of nitrogens with zero attached hydrogens (tertiary/aromatic N) is 1. The van der Waals surface area contributed by atoms with E-state index in [0.29, 0.717) is 0 Å². The first-order valence-electron chi connectivity index (χ1n) is 3.60. The minimum absolute atomic E-state index is 0.738. The summed E-state index contributed by atoms with van der Waals surface area (Å²) in [5.74, 6) is 0. The number of halogens is 1. The highest BCUT2D eigenvalue weighted by atomic mass is 35.5. The van der Waals surface area contributed by atoms with E-state index < -0.39 is 0 Å². The van der Waals surface area contributed by atoms with Gasteiger partial charge in [0.05, 0.1) is 18.2 Å². The van der Waals surface area contributed by atoms with Gasteiger partial charge in [0.25, 0.3) is 0 Å². The molecule has 2 nitrogen and oxygen atoms in total. The molecular weight excluding hydrogens is 172 g/mol. The molecule has 0 spiro atoms. The van der Waals surface area contributed by atoms with Gasteiger partial charge in [0, 0.05) is 10.6 Å². The average Bonchev–Trinajstić information content (AvgIpc) is 2.56. The van der Waals surface area contributed by atoms with Crippen LogP contribution in [0.15, 0.2) is 36.8 Å². The van der Waals surface area contributed by atoms with Crippen molar-refractivity contribution in [3.05, 3.63) is 41.8 Å². The zero-order chi connectivity index (χ0) is 8.39. The predicted molar refractivity (Wildman–Crippen MR) is 49.0 cm³/mol. The molecule has 0 aliphatic carbocycles. The molecule has 0 radical (unpaired) electrons. The molecule has 0 aliphatic heterocycles. The van der Waals surface area contributed by atoms with E-state index in [1.54, 1.807) is 12.5 Å². The molecule has 0 atom stereocenters. The van der Waals surface area contributed by atoms with Crippen LogP contribution < -0.4 is 0 Å². The van der Waals surface area contributed by atoms with E-state index in [4.69, 9.17) is 11.6 Å². The Hall–Kier alpha value is -1.28. The van der Waals surface area contributed by atoms with Crippen LogP contribution >= 0.6 is 11.6 Å². The molecule has 0 unspecified atom stereocenters. The van der Waals surface area contributed by atoms with E-state index in [2.05, 4.69) is 9.97 Å². The molecule has 2 rings (SSSR count). The van der Waals surface area contributed by atoms with Crippen LogP contribution in [0.2, 0.25) is 5.02 Å². The van der Waals surface area contributed by atoms with Gasteiger partial charge in [0.1, 0.15) is 0 Å².